The normalized spacial score (nSPS) is 11.2. The maximum atomic E-state index is 12.4. The van der Waals surface area contributed by atoms with Gasteiger partial charge in [-0.3, -0.25) is 9.59 Å². The fourth-order valence-corrected chi connectivity index (χ4v) is 3.20. The molecule has 2 rings (SSSR count). The molecule has 1 atom stereocenters. The summed E-state index contributed by atoms with van der Waals surface area (Å²) in [5.74, 6) is -1.81. The minimum Gasteiger partial charge on any atom is -0.508 e. The topological polar surface area (TPSA) is 155 Å². The van der Waals surface area contributed by atoms with Crippen molar-refractivity contribution < 1.29 is 24.2 Å². The second kappa shape index (κ2) is 9.50. The van der Waals surface area contributed by atoms with E-state index in [-0.39, 0.29) is 34.2 Å². The van der Waals surface area contributed by atoms with Gasteiger partial charge in [-0.2, -0.15) is 5.26 Å². The number of ether oxygens (including phenoxy) is 1. The van der Waals surface area contributed by atoms with Crippen LogP contribution in [-0.4, -0.2) is 42.6 Å². The highest BCUT2D eigenvalue weighted by molar-refractivity contribution is 7.16. The molecule has 0 aliphatic rings. The number of hydrogen-bond donors (Lipinski definition) is 4. The summed E-state index contributed by atoms with van der Waals surface area (Å²) in [5, 5.41) is 23.7. The van der Waals surface area contributed by atoms with Gasteiger partial charge < -0.3 is 26.2 Å². The van der Waals surface area contributed by atoms with Crippen LogP contribution in [0.5, 0.6) is 5.75 Å². The Balaban J connectivity index is 2.12. The first-order chi connectivity index (χ1) is 13.4. The lowest BCUT2D eigenvalue weighted by Crippen LogP contribution is -2.46. The lowest BCUT2D eigenvalue weighted by Gasteiger charge is -2.13. The fourth-order valence-electron chi connectivity index (χ4n) is 2.27. The van der Waals surface area contributed by atoms with Crippen LogP contribution in [0.15, 0.2) is 30.3 Å². The number of carbonyl (C=O) groups excluding carboxylic acids is 3. The first kappa shape index (κ1) is 20.9. The van der Waals surface area contributed by atoms with Crippen LogP contribution in [0, 0.1) is 11.3 Å². The maximum absolute atomic E-state index is 12.4. The lowest BCUT2D eigenvalue weighted by molar-refractivity contribution is -0.142. The van der Waals surface area contributed by atoms with E-state index >= 15 is 0 Å². The van der Waals surface area contributed by atoms with Crippen LogP contribution in [0.1, 0.15) is 30.5 Å². The van der Waals surface area contributed by atoms with E-state index in [0.29, 0.717) is 5.56 Å². The average molecular weight is 402 g/mol. The minimum absolute atomic E-state index is 0.00522. The molecule has 5 N–H and O–H groups in total. The smallest absolute Gasteiger partial charge is 0.329 e. The number of rotatable bonds is 7. The Kier molecular flexibility index (Phi) is 7.08. The fraction of sp³-hybridized carbons (Fsp3) is 0.222. The number of thiophene rings is 1. The summed E-state index contributed by atoms with van der Waals surface area (Å²) in [6, 6.07) is 8.49. The minimum atomic E-state index is -1.06. The van der Waals surface area contributed by atoms with Gasteiger partial charge in [0, 0.05) is 13.1 Å². The molecule has 0 fully saturated rings. The third-order valence-corrected chi connectivity index (χ3v) is 4.81. The monoisotopic (exact) mass is 402 g/mol. The van der Waals surface area contributed by atoms with Gasteiger partial charge in [0.2, 0.25) is 0 Å². The molecular formula is C18H18N4O5S. The number of amides is 2. The van der Waals surface area contributed by atoms with E-state index in [2.05, 4.69) is 15.4 Å². The third-order valence-electron chi connectivity index (χ3n) is 3.67. The van der Waals surface area contributed by atoms with Gasteiger partial charge in [0.1, 0.15) is 22.7 Å². The van der Waals surface area contributed by atoms with Crippen molar-refractivity contribution in [1.82, 2.24) is 10.6 Å². The van der Waals surface area contributed by atoms with Crippen LogP contribution >= 0.6 is 11.3 Å². The molecule has 28 heavy (non-hydrogen) atoms. The predicted molar refractivity (Wildman–Crippen MR) is 101 cm³/mol. The van der Waals surface area contributed by atoms with Gasteiger partial charge in [-0.05, 0) is 23.8 Å². The third kappa shape index (κ3) is 5.06. The van der Waals surface area contributed by atoms with E-state index in [9.17, 15) is 24.8 Å². The van der Waals surface area contributed by atoms with Gasteiger partial charge in [0.15, 0.2) is 0 Å². The Labute approximate surface area is 164 Å². The zero-order valence-corrected chi connectivity index (χ0v) is 15.7. The highest BCUT2D eigenvalue weighted by atomic mass is 32.1. The van der Waals surface area contributed by atoms with Gasteiger partial charge in [-0.1, -0.05) is 12.1 Å². The number of phenolic OH excluding ortho intramolecular Hbond substituents is 1. The molecule has 9 nitrogen and oxygen atoms in total. The molecule has 0 spiro atoms. The molecule has 0 aliphatic carbocycles. The quantitative estimate of drug-likeness (QED) is 0.491. The number of phenols is 1. The molecule has 146 valence electrons. The number of benzene rings is 1. The molecular weight excluding hydrogens is 384 g/mol. The lowest BCUT2D eigenvalue weighted by atomic mass is 10.2. The van der Waals surface area contributed by atoms with E-state index in [1.165, 1.54) is 18.2 Å². The number of nitriles is 1. The van der Waals surface area contributed by atoms with E-state index in [1.54, 1.807) is 12.1 Å². The summed E-state index contributed by atoms with van der Waals surface area (Å²) >= 11 is 0.821. The SMILES string of the molecule is COC(=O)C(CN)NC(=O)c1sc(C(=O)NCc2cccc(O)c2)cc1C#N. The molecule has 1 heterocycles. The van der Waals surface area contributed by atoms with E-state index in [0.717, 1.165) is 18.4 Å². The largest absolute Gasteiger partial charge is 0.508 e. The summed E-state index contributed by atoms with van der Waals surface area (Å²) in [4.78, 5) is 36.4. The molecule has 1 aromatic heterocycles. The van der Waals surface area contributed by atoms with Crippen molar-refractivity contribution in [3.05, 3.63) is 51.2 Å². The van der Waals surface area contributed by atoms with Crippen LogP contribution in [-0.2, 0) is 16.1 Å². The van der Waals surface area contributed by atoms with Crippen molar-refractivity contribution >= 4 is 29.1 Å². The van der Waals surface area contributed by atoms with E-state index in [1.807, 2.05) is 6.07 Å². The summed E-state index contributed by atoms with van der Waals surface area (Å²) in [6.45, 7) is -0.0188. The number of nitrogens with two attached hydrogens (primary N) is 1. The number of nitrogens with zero attached hydrogens (tertiary/aromatic N) is 1. The van der Waals surface area contributed by atoms with Crippen molar-refractivity contribution in [2.45, 2.75) is 12.6 Å². The molecule has 2 amide bonds. The van der Waals surface area contributed by atoms with Gasteiger partial charge >= 0.3 is 5.97 Å². The summed E-state index contributed by atoms with van der Waals surface area (Å²) < 4.78 is 4.55. The molecule has 0 saturated carbocycles. The van der Waals surface area contributed by atoms with E-state index < -0.39 is 23.8 Å². The van der Waals surface area contributed by atoms with Crippen LogP contribution in [0.4, 0.5) is 0 Å². The Bertz CT molecular complexity index is 934. The van der Waals surface area contributed by atoms with E-state index in [4.69, 9.17) is 5.73 Å². The Morgan fingerprint density at radius 1 is 1.32 bits per heavy atom. The number of aromatic hydroxyl groups is 1. The number of esters is 1. The van der Waals surface area contributed by atoms with Gasteiger partial charge in [-0.15, -0.1) is 11.3 Å². The maximum Gasteiger partial charge on any atom is 0.329 e. The zero-order chi connectivity index (χ0) is 20.7. The van der Waals surface area contributed by atoms with Crippen LogP contribution in [0.2, 0.25) is 0 Å². The Hall–Kier alpha value is -3.42. The molecule has 1 unspecified atom stereocenters. The molecule has 0 aliphatic heterocycles. The Morgan fingerprint density at radius 3 is 2.68 bits per heavy atom. The summed E-state index contributed by atoms with van der Waals surface area (Å²) in [6.07, 6.45) is 0. The van der Waals surface area contributed by atoms with Gasteiger partial charge in [0.05, 0.1) is 17.6 Å². The molecule has 0 radical (unpaired) electrons. The van der Waals surface area contributed by atoms with Crippen molar-refractivity contribution in [2.24, 2.45) is 5.73 Å². The van der Waals surface area contributed by atoms with Crippen molar-refractivity contribution in [3.63, 3.8) is 0 Å². The molecule has 1 aromatic carbocycles. The van der Waals surface area contributed by atoms with Crippen LogP contribution in [0.25, 0.3) is 0 Å². The predicted octanol–water partition coefficient (Wildman–Crippen LogP) is 0.485. The number of hydrogen-bond acceptors (Lipinski definition) is 8. The summed E-state index contributed by atoms with van der Waals surface area (Å²) in [5.41, 5.74) is 6.14. The van der Waals surface area contributed by atoms with Crippen LogP contribution < -0.4 is 16.4 Å². The molecule has 0 bridgehead atoms. The molecule has 0 saturated heterocycles. The second-order valence-corrected chi connectivity index (χ2v) is 6.65. The van der Waals surface area contributed by atoms with Gasteiger partial charge in [-0.25, -0.2) is 4.79 Å². The highest BCUT2D eigenvalue weighted by Crippen LogP contribution is 2.22. The highest BCUT2D eigenvalue weighted by Gasteiger charge is 2.25. The number of carbonyl (C=O) groups is 3. The second-order valence-electron chi connectivity index (χ2n) is 5.60. The number of methoxy groups -OCH3 is 1. The van der Waals surface area contributed by atoms with Crippen molar-refractivity contribution in [1.29, 1.82) is 5.26 Å². The number of nitrogens with one attached hydrogen (secondary N) is 2. The average Bonchev–Trinajstić information content (AvgIpc) is 3.14. The van der Waals surface area contributed by atoms with Crippen LogP contribution in [0.3, 0.4) is 0 Å². The first-order valence-electron chi connectivity index (χ1n) is 8.08. The van der Waals surface area contributed by atoms with Crippen molar-refractivity contribution in [3.8, 4) is 11.8 Å². The zero-order valence-electron chi connectivity index (χ0n) is 14.9. The first-order valence-corrected chi connectivity index (χ1v) is 8.90. The van der Waals surface area contributed by atoms with Crippen molar-refractivity contribution in [2.75, 3.05) is 13.7 Å². The summed E-state index contributed by atoms with van der Waals surface area (Å²) in [7, 11) is 1.16. The molecule has 2 aromatic rings. The van der Waals surface area contributed by atoms with Gasteiger partial charge in [0.25, 0.3) is 11.8 Å². The molecule has 10 heteroatoms. The Morgan fingerprint density at radius 2 is 2.07 bits per heavy atom. The standard InChI is InChI=1S/C18H18N4O5S/c1-27-18(26)13(8-20)22-17(25)15-11(7-19)6-14(28-15)16(24)21-9-10-3-2-4-12(23)5-10/h2-6,13,23H,8-9,20H2,1H3,(H,21,24)(H,22,25).